The van der Waals surface area contributed by atoms with E-state index in [0.717, 1.165) is 34.5 Å². The van der Waals surface area contributed by atoms with Crippen molar-refractivity contribution in [3.63, 3.8) is 0 Å². The number of aromatic nitrogens is 5. The molecule has 3 aromatic heterocycles. The topological polar surface area (TPSA) is 115 Å². The minimum absolute atomic E-state index is 0.560. The molecule has 36 heavy (non-hydrogen) atoms. The van der Waals surface area contributed by atoms with Gasteiger partial charge in [0.1, 0.15) is 23.8 Å². The summed E-state index contributed by atoms with van der Waals surface area (Å²) in [5.74, 6) is 2.09. The third kappa shape index (κ3) is 5.22. The molecule has 180 valence electrons. The lowest BCUT2D eigenvalue weighted by Gasteiger charge is -2.15. The Labute approximate surface area is 210 Å². The molecule has 0 amide bonds. The van der Waals surface area contributed by atoms with Crippen molar-refractivity contribution >= 4 is 28.2 Å². The first kappa shape index (κ1) is 23.2. The first-order chi connectivity index (χ1) is 17.6. The standard InChI is InChI=1S/C28H28N8/c1-18-11-24-23(7-8-32-28(24)29)19(2)25(18)16-34-27-13-26(35-17-36-27)33-14-21-5-3-20(4-6-21)12-22-15-30-9-10-31-22/h3-11,13,15,17H,12,14,16H2,1-2H3,(H2,29,32)(H2,33,34,35,36). The summed E-state index contributed by atoms with van der Waals surface area (Å²) >= 11 is 0. The summed E-state index contributed by atoms with van der Waals surface area (Å²) in [7, 11) is 0. The van der Waals surface area contributed by atoms with E-state index in [1.165, 1.54) is 27.8 Å². The van der Waals surface area contributed by atoms with Gasteiger partial charge in [0, 0.05) is 55.8 Å². The molecule has 0 aliphatic rings. The molecule has 8 nitrogen and oxygen atoms in total. The number of fused-ring (bicyclic) bond motifs is 1. The largest absolute Gasteiger partial charge is 0.383 e. The average Bonchev–Trinajstić information content (AvgIpc) is 2.90. The Morgan fingerprint density at radius 1 is 0.750 bits per heavy atom. The van der Waals surface area contributed by atoms with E-state index >= 15 is 0 Å². The predicted molar refractivity (Wildman–Crippen MR) is 144 cm³/mol. The number of nitrogens with one attached hydrogen (secondary N) is 2. The predicted octanol–water partition coefficient (Wildman–Crippen LogP) is 4.83. The molecule has 2 aromatic carbocycles. The molecule has 0 saturated heterocycles. The monoisotopic (exact) mass is 476 g/mol. The fourth-order valence-corrected chi connectivity index (χ4v) is 4.33. The van der Waals surface area contributed by atoms with Crippen molar-refractivity contribution in [3.05, 3.63) is 107 Å². The quantitative estimate of drug-likeness (QED) is 0.292. The van der Waals surface area contributed by atoms with E-state index in [1.807, 2.05) is 12.1 Å². The van der Waals surface area contributed by atoms with Crippen LogP contribution in [-0.4, -0.2) is 24.9 Å². The van der Waals surface area contributed by atoms with Crippen molar-refractivity contribution in [2.75, 3.05) is 16.4 Å². The van der Waals surface area contributed by atoms with Crippen molar-refractivity contribution in [3.8, 4) is 0 Å². The zero-order valence-corrected chi connectivity index (χ0v) is 20.4. The number of benzene rings is 2. The van der Waals surface area contributed by atoms with Crippen LogP contribution < -0.4 is 16.4 Å². The molecule has 8 heteroatoms. The molecular formula is C28H28N8. The van der Waals surface area contributed by atoms with Gasteiger partial charge in [-0.15, -0.1) is 0 Å². The number of nitrogen functional groups attached to an aromatic ring is 1. The summed E-state index contributed by atoms with van der Waals surface area (Å²) in [6.07, 6.45) is 9.30. The van der Waals surface area contributed by atoms with E-state index in [2.05, 4.69) is 79.7 Å². The molecule has 0 spiro atoms. The Kier molecular flexibility index (Phi) is 6.66. The van der Waals surface area contributed by atoms with Crippen LogP contribution in [0.3, 0.4) is 0 Å². The second-order valence-corrected chi connectivity index (χ2v) is 8.77. The Morgan fingerprint density at radius 3 is 2.25 bits per heavy atom. The summed E-state index contributed by atoms with van der Waals surface area (Å²) in [5.41, 5.74) is 13.0. The van der Waals surface area contributed by atoms with Crippen molar-refractivity contribution in [1.82, 2.24) is 24.9 Å². The molecule has 0 fully saturated rings. The summed E-state index contributed by atoms with van der Waals surface area (Å²) in [5, 5.41) is 8.94. The van der Waals surface area contributed by atoms with E-state index in [-0.39, 0.29) is 0 Å². The number of rotatable bonds is 8. The number of hydrogen-bond donors (Lipinski definition) is 3. The number of aryl methyl sites for hydroxylation is 2. The third-order valence-electron chi connectivity index (χ3n) is 6.33. The Bertz CT molecular complexity index is 1480. The highest BCUT2D eigenvalue weighted by atomic mass is 15.1. The van der Waals surface area contributed by atoms with Gasteiger partial charge in [-0.25, -0.2) is 15.0 Å². The lowest BCUT2D eigenvalue weighted by atomic mass is 9.96. The molecule has 0 bridgehead atoms. The van der Waals surface area contributed by atoms with Crippen molar-refractivity contribution in [1.29, 1.82) is 0 Å². The van der Waals surface area contributed by atoms with Crippen LogP contribution in [0.25, 0.3) is 10.8 Å². The minimum atomic E-state index is 0.560. The summed E-state index contributed by atoms with van der Waals surface area (Å²) in [4.78, 5) is 21.4. The number of nitrogens with two attached hydrogens (primary N) is 1. The van der Waals surface area contributed by atoms with Gasteiger partial charge in [-0.1, -0.05) is 24.3 Å². The average molecular weight is 477 g/mol. The van der Waals surface area contributed by atoms with Crippen LogP contribution in [0.15, 0.2) is 73.6 Å². The molecule has 0 unspecified atom stereocenters. The van der Waals surface area contributed by atoms with Crippen LogP contribution in [0.2, 0.25) is 0 Å². The lowest BCUT2D eigenvalue weighted by Crippen LogP contribution is -2.08. The lowest BCUT2D eigenvalue weighted by molar-refractivity contribution is 1.02. The number of anilines is 3. The minimum Gasteiger partial charge on any atom is -0.383 e. The van der Waals surface area contributed by atoms with Crippen LogP contribution in [0.5, 0.6) is 0 Å². The van der Waals surface area contributed by atoms with Gasteiger partial charge in [-0.3, -0.25) is 9.97 Å². The number of pyridine rings is 1. The van der Waals surface area contributed by atoms with E-state index in [0.29, 0.717) is 18.9 Å². The molecule has 4 N–H and O–H groups in total. The second-order valence-electron chi connectivity index (χ2n) is 8.77. The van der Waals surface area contributed by atoms with Crippen LogP contribution in [0.1, 0.15) is 33.5 Å². The second kappa shape index (κ2) is 10.4. The molecular weight excluding hydrogens is 448 g/mol. The zero-order valence-electron chi connectivity index (χ0n) is 20.4. The maximum Gasteiger partial charge on any atom is 0.131 e. The first-order valence-corrected chi connectivity index (χ1v) is 11.8. The van der Waals surface area contributed by atoms with Gasteiger partial charge in [0.15, 0.2) is 0 Å². The Balaban J connectivity index is 1.21. The maximum atomic E-state index is 6.08. The van der Waals surface area contributed by atoms with Crippen LogP contribution in [-0.2, 0) is 19.5 Å². The summed E-state index contributed by atoms with van der Waals surface area (Å²) < 4.78 is 0. The van der Waals surface area contributed by atoms with Crippen LogP contribution in [0, 0.1) is 13.8 Å². The van der Waals surface area contributed by atoms with E-state index in [9.17, 15) is 0 Å². The molecule has 5 rings (SSSR count). The summed E-state index contributed by atoms with van der Waals surface area (Å²) in [6, 6.07) is 14.5. The fraction of sp³-hybridized carbons (Fsp3) is 0.179. The van der Waals surface area contributed by atoms with Gasteiger partial charge in [-0.2, -0.15) is 0 Å². The number of nitrogens with zero attached hydrogens (tertiary/aromatic N) is 5. The van der Waals surface area contributed by atoms with Crippen molar-refractivity contribution in [2.45, 2.75) is 33.4 Å². The molecule has 0 aliphatic heterocycles. The SMILES string of the molecule is Cc1cc2c(N)nccc2c(C)c1CNc1cc(NCc2ccc(Cc3cnccn3)cc2)ncn1. The molecule has 5 aromatic rings. The smallest absolute Gasteiger partial charge is 0.131 e. The maximum absolute atomic E-state index is 6.08. The van der Waals surface area contributed by atoms with E-state index in [4.69, 9.17) is 5.73 Å². The van der Waals surface area contributed by atoms with Gasteiger partial charge < -0.3 is 16.4 Å². The van der Waals surface area contributed by atoms with Crippen molar-refractivity contribution in [2.24, 2.45) is 0 Å². The Hall–Kier alpha value is -4.59. The zero-order chi connectivity index (χ0) is 24.9. The van der Waals surface area contributed by atoms with Gasteiger partial charge in [0.05, 0.1) is 5.69 Å². The summed E-state index contributed by atoms with van der Waals surface area (Å²) in [6.45, 7) is 5.54. The number of hydrogen-bond acceptors (Lipinski definition) is 8. The fourth-order valence-electron chi connectivity index (χ4n) is 4.33. The Morgan fingerprint density at radius 2 is 1.50 bits per heavy atom. The highest BCUT2D eigenvalue weighted by Crippen LogP contribution is 2.28. The van der Waals surface area contributed by atoms with Crippen LogP contribution >= 0.6 is 0 Å². The van der Waals surface area contributed by atoms with Gasteiger partial charge in [0.25, 0.3) is 0 Å². The highest BCUT2D eigenvalue weighted by Gasteiger charge is 2.10. The normalized spacial score (nSPS) is 10.9. The van der Waals surface area contributed by atoms with E-state index < -0.39 is 0 Å². The van der Waals surface area contributed by atoms with Crippen LogP contribution in [0.4, 0.5) is 17.5 Å². The molecule has 3 heterocycles. The highest BCUT2D eigenvalue weighted by molar-refractivity contribution is 5.94. The van der Waals surface area contributed by atoms with Crippen molar-refractivity contribution < 1.29 is 0 Å². The molecule has 0 radical (unpaired) electrons. The van der Waals surface area contributed by atoms with E-state index in [1.54, 1.807) is 31.1 Å². The van der Waals surface area contributed by atoms with Gasteiger partial charge >= 0.3 is 0 Å². The first-order valence-electron chi connectivity index (χ1n) is 11.8. The third-order valence-corrected chi connectivity index (χ3v) is 6.33. The van der Waals surface area contributed by atoms with Gasteiger partial charge in [0.2, 0.25) is 0 Å². The van der Waals surface area contributed by atoms with Gasteiger partial charge in [-0.05, 0) is 59.2 Å². The molecule has 0 atom stereocenters. The molecule has 0 aliphatic carbocycles. The molecule has 0 saturated carbocycles.